The Labute approximate surface area is 131 Å². The summed E-state index contributed by atoms with van der Waals surface area (Å²) in [5, 5.41) is 0. The van der Waals surface area contributed by atoms with E-state index in [0.29, 0.717) is 16.1 Å². The summed E-state index contributed by atoms with van der Waals surface area (Å²) in [6, 6.07) is 12.4. The van der Waals surface area contributed by atoms with Crippen LogP contribution in [0.2, 0.25) is 0 Å². The van der Waals surface area contributed by atoms with Gasteiger partial charge in [0.1, 0.15) is 11.6 Å². The zero-order chi connectivity index (χ0) is 14.8. The molecule has 1 atom stereocenters. The van der Waals surface area contributed by atoms with Crippen molar-refractivity contribution in [2.75, 3.05) is 0 Å². The van der Waals surface area contributed by atoms with Crippen molar-refractivity contribution in [3.8, 4) is 5.75 Å². The van der Waals surface area contributed by atoms with Gasteiger partial charge < -0.3 is 4.74 Å². The van der Waals surface area contributed by atoms with E-state index in [1.165, 1.54) is 0 Å². The molecule has 0 aromatic heterocycles. The van der Waals surface area contributed by atoms with E-state index in [0.717, 1.165) is 24.2 Å². The fourth-order valence-electron chi connectivity index (χ4n) is 2.23. The number of benzene rings is 2. The number of halogens is 2. The van der Waals surface area contributed by atoms with Crippen molar-refractivity contribution in [3.63, 3.8) is 0 Å². The van der Waals surface area contributed by atoms with Gasteiger partial charge in [-0.05, 0) is 52.5 Å². The maximum atomic E-state index is 14.2. The molecule has 2 aromatic carbocycles. The van der Waals surface area contributed by atoms with E-state index in [-0.39, 0.29) is 5.82 Å². The third kappa shape index (κ3) is 3.26. The molecule has 2 aromatic rings. The molecule has 110 valence electrons. The van der Waals surface area contributed by atoms with Crippen LogP contribution >= 0.6 is 15.9 Å². The van der Waals surface area contributed by atoms with Gasteiger partial charge in [0, 0.05) is 5.56 Å². The van der Waals surface area contributed by atoms with Crippen LogP contribution in [0.1, 0.15) is 30.0 Å². The van der Waals surface area contributed by atoms with Crippen molar-refractivity contribution < 1.29 is 9.13 Å². The monoisotopic (exact) mass is 350 g/mol. The van der Waals surface area contributed by atoms with E-state index >= 15 is 0 Å². The molecule has 3 rings (SSSR count). The van der Waals surface area contributed by atoms with Crippen LogP contribution in [0.25, 0.3) is 0 Å². The highest BCUT2D eigenvalue weighted by molar-refractivity contribution is 9.10. The highest BCUT2D eigenvalue weighted by atomic mass is 79.9. The molecule has 1 saturated carbocycles. The van der Waals surface area contributed by atoms with Crippen LogP contribution in [0.4, 0.5) is 4.39 Å². The molecular weight excluding hydrogens is 335 g/mol. The second kappa shape index (κ2) is 6.13. The predicted octanol–water partition coefficient (Wildman–Crippen LogP) is 3.68. The van der Waals surface area contributed by atoms with E-state index < -0.39 is 6.04 Å². The minimum Gasteiger partial charge on any atom is -0.490 e. The van der Waals surface area contributed by atoms with E-state index in [1.807, 2.05) is 24.3 Å². The van der Waals surface area contributed by atoms with Crippen LogP contribution in [0, 0.1) is 5.82 Å². The number of nitrogens with two attached hydrogens (primary N) is 1. The normalized spacial score (nSPS) is 15.8. The summed E-state index contributed by atoms with van der Waals surface area (Å²) in [6.45, 7) is 0. The summed E-state index contributed by atoms with van der Waals surface area (Å²) >= 11 is 3.20. The minimum atomic E-state index is -0.405. The Morgan fingerprint density at radius 1 is 1.19 bits per heavy atom. The van der Waals surface area contributed by atoms with Gasteiger partial charge in [-0.1, -0.05) is 24.3 Å². The molecule has 0 saturated heterocycles. The third-order valence-corrected chi connectivity index (χ3v) is 4.11. The molecular formula is C16H16BrFN2O. The smallest absolute Gasteiger partial charge is 0.142 e. The van der Waals surface area contributed by atoms with Gasteiger partial charge in [-0.2, -0.15) is 0 Å². The van der Waals surface area contributed by atoms with Crippen molar-refractivity contribution in [1.82, 2.24) is 5.43 Å². The average molecular weight is 351 g/mol. The molecule has 0 amide bonds. The Hall–Kier alpha value is -1.43. The topological polar surface area (TPSA) is 47.3 Å². The van der Waals surface area contributed by atoms with Gasteiger partial charge in [-0.25, -0.2) is 9.82 Å². The first-order valence-corrected chi connectivity index (χ1v) is 7.65. The molecule has 3 nitrogen and oxygen atoms in total. The Kier molecular flexibility index (Phi) is 4.24. The number of hydrogen-bond acceptors (Lipinski definition) is 3. The first-order chi connectivity index (χ1) is 10.2. The molecule has 0 spiro atoms. The zero-order valence-corrected chi connectivity index (χ0v) is 12.9. The third-order valence-electron chi connectivity index (χ3n) is 3.50. The Bertz CT molecular complexity index is 629. The molecule has 21 heavy (non-hydrogen) atoms. The summed E-state index contributed by atoms with van der Waals surface area (Å²) in [5.74, 6) is 6.15. The summed E-state index contributed by atoms with van der Waals surface area (Å²) in [5.41, 5.74) is 4.06. The Balaban J connectivity index is 1.86. The molecule has 3 N–H and O–H groups in total. The molecule has 1 aliphatic rings. The largest absolute Gasteiger partial charge is 0.490 e. The maximum absolute atomic E-state index is 14.2. The molecule has 1 unspecified atom stereocenters. The molecule has 0 bridgehead atoms. The molecule has 5 heteroatoms. The summed E-state index contributed by atoms with van der Waals surface area (Å²) < 4.78 is 20.4. The van der Waals surface area contributed by atoms with Crippen LogP contribution in [0.5, 0.6) is 5.75 Å². The van der Waals surface area contributed by atoms with E-state index in [9.17, 15) is 4.39 Å². The minimum absolute atomic E-state index is 0.307. The quantitative estimate of drug-likeness (QED) is 0.638. The van der Waals surface area contributed by atoms with Crippen molar-refractivity contribution in [2.45, 2.75) is 25.0 Å². The van der Waals surface area contributed by atoms with E-state index in [2.05, 4.69) is 21.4 Å². The van der Waals surface area contributed by atoms with Gasteiger partial charge in [0.2, 0.25) is 0 Å². The van der Waals surface area contributed by atoms with Gasteiger partial charge >= 0.3 is 0 Å². The second-order valence-corrected chi connectivity index (χ2v) is 5.98. The first-order valence-electron chi connectivity index (χ1n) is 6.85. The van der Waals surface area contributed by atoms with Gasteiger partial charge in [0.25, 0.3) is 0 Å². The highest BCUT2D eigenvalue weighted by Crippen LogP contribution is 2.30. The lowest BCUT2D eigenvalue weighted by Crippen LogP contribution is -2.29. The summed E-state index contributed by atoms with van der Waals surface area (Å²) in [6.07, 6.45) is 2.61. The van der Waals surface area contributed by atoms with Gasteiger partial charge in [0.05, 0.1) is 16.6 Å². The Morgan fingerprint density at radius 2 is 1.90 bits per heavy atom. The first kappa shape index (κ1) is 14.5. The predicted molar refractivity (Wildman–Crippen MR) is 83.4 cm³/mol. The van der Waals surface area contributed by atoms with Gasteiger partial charge in [-0.15, -0.1) is 0 Å². The number of ether oxygens (including phenoxy) is 1. The van der Waals surface area contributed by atoms with Crippen LogP contribution in [-0.4, -0.2) is 6.10 Å². The molecule has 0 radical (unpaired) electrons. The van der Waals surface area contributed by atoms with E-state index in [1.54, 1.807) is 18.2 Å². The van der Waals surface area contributed by atoms with Crippen molar-refractivity contribution in [1.29, 1.82) is 0 Å². The lowest BCUT2D eigenvalue weighted by molar-refractivity contribution is 0.303. The molecule has 0 heterocycles. The lowest BCUT2D eigenvalue weighted by atomic mass is 9.99. The van der Waals surface area contributed by atoms with Crippen LogP contribution in [0.3, 0.4) is 0 Å². The van der Waals surface area contributed by atoms with Crippen LogP contribution < -0.4 is 16.0 Å². The number of nitrogens with one attached hydrogen (secondary N) is 1. The second-order valence-electron chi connectivity index (χ2n) is 5.13. The number of hydrazine groups is 1. The summed E-state index contributed by atoms with van der Waals surface area (Å²) in [7, 11) is 0. The lowest BCUT2D eigenvalue weighted by Gasteiger charge is -2.18. The van der Waals surface area contributed by atoms with Crippen molar-refractivity contribution in [2.24, 2.45) is 5.84 Å². The molecule has 1 fully saturated rings. The summed E-state index contributed by atoms with van der Waals surface area (Å²) in [4.78, 5) is 0. The zero-order valence-electron chi connectivity index (χ0n) is 11.4. The molecule has 1 aliphatic carbocycles. The average Bonchev–Trinajstić information content (AvgIpc) is 3.30. The van der Waals surface area contributed by atoms with Crippen molar-refractivity contribution in [3.05, 3.63) is 63.9 Å². The highest BCUT2D eigenvalue weighted by Gasteiger charge is 2.23. The fourth-order valence-corrected chi connectivity index (χ4v) is 2.61. The van der Waals surface area contributed by atoms with E-state index in [4.69, 9.17) is 10.6 Å². The standard InChI is InChI=1S/C16H16BrFN2O/c17-14-3-1-2-13(15(14)18)16(20-19)10-4-6-11(7-5-10)21-12-8-9-12/h1-7,12,16,20H,8-9,19H2. The molecule has 0 aliphatic heterocycles. The number of rotatable bonds is 5. The van der Waals surface area contributed by atoms with Crippen LogP contribution in [0.15, 0.2) is 46.9 Å². The SMILES string of the molecule is NNC(c1ccc(OC2CC2)cc1)c1cccc(Br)c1F. The Morgan fingerprint density at radius 3 is 2.52 bits per heavy atom. The van der Waals surface area contributed by atoms with Gasteiger partial charge in [-0.3, -0.25) is 5.84 Å². The van der Waals surface area contributed by atoms with Crippen LogP contribution in [-0.2, 0) is 0 Å². The fraction of sp³-hybridized carbons (Fsp3) is 0.250. The van der Waals surface area contributed by atoms with Crippen molar-refractivity contribution >= 4 is 15.9 Å². The maximum Gasteiger partial charge on any atom is 0.142 e. The number of hydrogen-bond donors (Lipinski definition) is 2. The van der Waals surface area contributed by atoms with Gasteiger partial charge in [0.15, 0.2) is 0 Å².